The van der Waals surface area contributed by atoms with E-state index in [9.17, 15) is 21.6 Å². The van der Waals surface area contributed by atoms with E-state index in [1.54, 1.807) is 30.3 Å². The van der Waals surface area contributed by atoms with Gasteiger partial charge in [-0.3, -0.25) is 4.79 Å². The zero-order valence-corrected chi connectivity index (χ0v) is 21.3. The van der Waals surface area contributed by atoms with Gasteiger partial charge >= 0.3 is 10.2 Å². The number of carbonyl (C=O) groups excluding carboxylic acids is 1. The maximum atomic E-state index is 12.4. The average Bonchev–Trinajstić information content (AvgIpc) is 3.13. The summed E-state index contributed by atoms with van der Waals surface area (Å²) in [5.74, 6) is -0.147. The van der Waals surface area contributed by atoms with Crippen molar-refractivity contribution in [3.8, 4) is 5.75 Å². The molecule has 0 bridgehead atoms. The molecule has 0 spiro atoms. The smallest absolute Gasteiger partial charge is 0.326 e. The lowest BCUT2D eigenvalue weighted by atomic mass is 10.1. The van der Waals surface area contributed by atoms with Gasteiger partial charge in [0, 0.05) is 0 Å². The Morgan fingerprint density at radius 2 is 1.53 bits per heavy atom. The van der Waals surface area contributed by atoms with E-state index in [0.717, 1.165) is 21.0 Å². The summed E-state index contributed by atoms with van der Waals surface area (Å²) in [6.07, 6.45) is 1.76. The second-order valence-corrected chi connectivity index (χ2v) is 12.4. The van der Waals surface area contributed by atoms with Crippen LogP contribution in [-0.2, 0) is 43.6 Å². The maximum Gasteiger partial charge on any atom is 0.326 e. The van der Waals surface area contributed by atoms with Crippen molar-refractivity contribution in [2.75, 3.05) is 16.6 Å². The predicted molar refractivity (Wildman–Crippen MR) is 138 cm³/mol. The Labute approximate surface area is 212 Å². The van der Waals surface area contributed by atoms with Gasteiger partial charge in [-0.05, 0) is 48.1 Å². The molecule has 0 radical (unpaired) electrons. The first-order valence-electron chi connectivity index (χ1n) is 11.6. The van der Waals surface area contributed by atoms with Crippen LogP contribution in [0.3, 0.4) is 0 Å². The first-order valence-corrected chi connectivity index (χ1v) is 14.9. The molecule has 1 N–H and O–H groups in total. The van der Waals surface area contributed by atoms with Gasteiger partial charge in [0.2, 0.25) is 0 Å². The first kappa shape index (κ1) is 25.7. The van der Waals surface area contributed by atoms with Gasteiger partial charge in [0.1, 0.15) is 18.9 Å². The molecule has 1 aliphatic rings. The molecular formula is C26H28N2O6S2. The molecule has 190 valence electrons. The Kier molecular flexibility index (Phi) is 7.95. The van der Waals surface area contributed by atoms with Crippen molar-refractivity contribution < 1.29 is 26.4 Å². The number of nitrogens with one attached hydrogen (secondary N) is 1. The highest BCUT2D eigenvalue weighted by Gasteiger charge is 2.35. The minimum absolute atomic E-state index is 0.0249. The maximum absolute atomic E-state index is 12.4. The lowest BCUT2D eigenvalue weighted by molar-refractivity contribution is -0.117. The van der Waals surface area contributed by atoms with Gasteiger partial charge in [-0.2, -0.15) is 8.42 Å². The molecule has 1 aliphatic heterocycles. The van der Waals surface area contributed by atoms with Gasteiger partial charge in [-0.25, -0.2) is 17.4 Å². The van der Waals surface area contributed by atoms with Crippen LogP contribution < -0.4 is 13.8 Å². The molecule has 0 aliphatic carbocycles. The van der Waals surface area contributed by atoms with E-state index in [1.807, 2.05) is 53.3 Å². The fraction of sp³-hybridized carbons (Fsp3) is 0.269. The van der Waals surface area contributed by atoms with E-state index in [1.165, 1.54) is 0 Å². The van der Waals surface area contributed by atoms with Crippen LogP contribution in [0.1, 0.15) is 29.5 Å². The molecule has 10 heteroatoms. The minimum Gasteiger partial charge on any atom is -0.487 e. The zero-order valence-electron chi connectivity index (χ0n) is 19.7. The van der Waals surface area contributed by atoms with Gasteiger partial charge in [0.05, 0.1) is 17.2 Å². The first-order chi connectivity index (χ1) is 17.2. The van der Waals surface area contributed by atoms with Crippen molar-refractivity contribution in [3.63, 3.8) is 0 Å². The van der Waals surface area contributed by atoms with Crippen molar-refractivity contribution in [2.45, 2.75) is 31.6 Å². The van der Waals surface area contributed by atoms with Crippen molar-refractivity contribution in [1.29, 1.82) is 0 Å². The molecular weight excluding hydrogens is 500 g/mol. The summed E-state index contributed by atoms with van der Waals surface area (Å²) in [6.45, 7) is -0.0903. The fourth-order valence-corrected chi connectivity index (χ4v) is 6.63. The van der Waals surface area contributed by atoms with Crippen LogP contribution in [-0.4, -0.2) is 35.0 Å². The number of benzene rings is 3. The molecule has 36 heavy (non-hydrogen) atoms. The number of hydrogen-bond donors (Lipinski definition) is 1. The minimum atomic E-state index is -3.98. The number of amides is 1. The van der Waals surface area contributed by atoms with Gasteiger partial charge in [-0.15, -0.1) is 0 Å². The normalized spacial score (nSPS) is 15.0. The molecule has 3 aromatic carbocycles. The topological polar surface area (TPSA) is 110 Å². The molecule has 1 saturated heterocycles. The van der Waals surface area contributed by atoms with Crippen LogP contribution in [0.25, 0.3) is 0 Å². The number of nitrogens with zero attached hydrogens (tertiary/aromatic N) is 1. The number of ether oxygens (including phenoxy) is 1. The van der Waals surface area contributed by atoms with E-state index in [2.05, 4.69) is 0 Å². The lowest BCUT2D eigenvalue weighted by Gasteiger charge is -2.20. The molecule has 1 amide bonds. The van der Waals surface area contributed by atoms with Crippen LogP contribution in [0.5, 0.6) is 5.75 Å². The highest BCUT2D eigenvalue weighted by molar-refractivity contribution is 7.92. The summed E-state index contributed by atoms with van der Waals surface area (Å²) in [5, 5.41) is 0. The summed E-state index contributed by atoms with van der Waals surface area (Å²) in [4.78, 5) is 11.7. The Hall–Kier alpha value is -3.37. The molecule has 0 atom stereocenters. The van der Waals surface area contributed by atoms with Gasteiger partial charge < -0.3 is 4.74 Å². The third-order valence-corrected chi connectivity index (χ3v) is 8.83. The van der Waals surface area contributed by atoms with Crippen LogP contribution in [0.15, 0.2) is 78.9 Å². The number of hydrogen-bond acceptors (Lipinski definition) is 6. The van der Waals surface area contributed by atoms with Crippen LogP contribution in [0, 0.1) is 0 Å². The van der Waals surface area contributed by atoms with Crippen molar-refractivity contribution >= 4 is 31.6 Å². The second kappa shape index (κ2) is 11.1. The van der Waals surface area contributed by atoms with E-state index in [0.29, 0.717) is 25.0 Å². The average molecular weight is 529 g/mol. The highest BCUT2D eigenvalue weighted by atomic mass is 32.2. The monoisotopic (exact) mass is 528 g/mol. The highest BCUT2D eigenvalue weighted by Crippen LogP contribution is 2.33. The largest absolute Gasteiger partial charge is 0.487 e. The summed E-state index contributed by atoms with van der Waals surface area (Å²) in [5.41, 5.74) is 2.85. The third kappa shape index (κ3) is 6.86. The summed E-state index contributed by atoms with van der Waals surface area (Å²) < 4.78 is 58.7. The fourth-order valence-electron chi connectivity index (χ4n) is 3.98. The zero-order chi connectivity index (χ0) is 25.6. The van der Waals surface area contributed by atoms with Crippen LogP contribution in [0.4, 0.5) is 5.69 Å². The molecule has 1 heterocycles. The molecule has 4 rings (SSSR count). The summed E-state index contributed by atoms with van der Waals surface area (Å²) in [6, 6.07) is 23.7. The Morgan fingerprint density at radius 3 is 2.17 bits per heavy atom. The molecule has 1 fully saturated rings. The molecule has 8 nitrogen and oxygen atoms in total. The van der Waals surface area contributed by atoms with Gasteiger partial charge in [0.15, 0.2) is 9.84 Å². The van der Waals surface area contributed by atoms with Gasteiger partial charge in [0.25, 0.3) is 5.91 Å². The SMILES string of the molecule is O=C1CN(c2ccc(CCCCS(=O)(=O)Cc3ccccc3)cc2OCc2ccccc2)S(=O)(=O)N1. The predicted octanol–water partition coefficient (Wildman–Crippen LogP) is 3.38. The van der Waals surface area contributed by atoms with Crippen molar-refractivity contribution in [2.24, 2.45) is 0 Å². The number of sulfone groups is 1. The number of anilines is 1. The number of rotatable bonds is 11. The lowest BCUT2D eigenvalue weighted by Crippen LogP contribution is -2.29. The van der Waals surface area contributed by atoms with Crippen molar-refractivity contribution in [1.82, 2.24) is 4.72 Å². The number of carbonyl (C=O) groups is 1. The molecule has 0 unspecified atom stereocenters. The van der Waals surface area contributed by atoms with E-state index >= 15 is 0 Å². The van der Waals surface area contributed by atoms with Gasteiger partial charge in [-0.1, -0.05) is 66.7 Å². The number of unbranched alkanes of at least 4 members (excludes halogenated alkanes) is 1. The van der Waals surface area contributed by atoms with E-state index < -0.39 is 26.0 Å². The van der Waals surface area contributed by atoms with Crippen LogP contribution >= 0.6 is 0 Å². The summed E-state index contributed by atoms with van der Waals surface area (Å²) in [7, 11) is -7.19. The van der Waals surface area contributed by atoms with E-state index in [-0.39, 0.29) is 30.3 Å². The van der Waals surface area contributed by atoms with E-state index in [4.69, 9.17) is 4.74 Å². The molecule has 3 aromatic rings. The number of aryl methyl sites for hydroxylation is 1. The quantitative estimate of drug-likeness (QED) is 0.382. The standard InChI is InChI=1S/C26H28N2O6S2/c29-26-18-28(36(32,33)27-26)24-15-14-21(17-25(24)34-19-22-10-3-1-4-11-22)9-7-8-16-35(30,31)20-23-12-5-2-6-13-23/h1-6,10-15,17H,7-9,16,18-20H2,(H,27,29). The Balaban J connectivity index is 1.43. The third-order valence-electron chi connectivity index (χ3n) is 5.75. The summed E-state index contributed by atoms with van der Waals surface area (Å²) >= 11 is 0. The Morgan fingerprint density at radius 1 is 0.861 bits per heavy atom. The molecule has 0 aromatic heterocycles. The van der Waals surface area contributed by atoms with Crippen molar-refractivity contribution in [3.05, 3.63) is 95.6 Å². The van der Waals surface area contributed by atoms with Crippen LogP contribution in [0.2, 0.25) is 0 Å². The Bertz CT molecular complexity index is 1410. The molecule has 0 saturated carbocycles. The second-order valence-electron chi connectivity index (χ2n) is 8.65.